The average molecular weight is 283 g/mol. The summed E-state index contributed by atoms with van der Waals surface area (Å²) in [6.07, 6.45) is 9.13. The van der Waals surface area contributed by atoms with Crippen LogP contribution < -0.4 is 5.32 Å². The molecule has 0 saturated heterocycles. The number of aliphatic hydroxyl groups is 1. The van der Waals surface area contributed by atoms with E-state index in [-0.39, 0.29) is 0 Å². The first-order valence-corrected chi connectivity index (χ1v) is 7.54. The van der Waals surface area contributed by atoms with Crippen LogP contribution in [-0.4, -0.2) is 23.2 Å². The van der Waals surface area contributed by atoms with Crippen molar-refractivity contribution in [2.45, 2.75) is 45.1 Å². The Balaban J connectivity index is 1.83. The van der Waals surface area contributed by atoms with Crippen LogP contribution >= 0.6 is 11.6 Å². The van der Waals surface area contributed by atoms with E-state index in [1.54, 1.807) is 0 Å². The predicted molar refractivity (Wildman–Crippen MR) is 78.2 cm³/mol. The van der Waals surface area contributed by atoms with Gasteiger partial charge in [-0.25, -0.2) is 4.98 Å². The summed E-state index contributed by atoms with van der Waals surface area (Å²) in [5, 5.41) is 13.3. The smallest absolute Gasteiger partial charge is 0.129 e. The van der Waals surface area contributed by atoms with Crippen LogP contribution in [0.15, 0.2) is 18.3 Å². The molecule has 1 heterocycles. The van der Waals surface area contributed by atoms with Gasteiger partial charge >= 0.3 is 0 Å². The highest BCUT2D eigenvalue weighted by atomic mass is 35.5. The Kier molecular flexibility index (Phi) is 5.61. The highest BCUT2D eigenvalue weighted by molar-refractivity contribution is 6.29. The Morgan fingerprint density at radius 2 is 2.05 bits per heavy atom. The quantitative estimate of drug-likeness (QED) is 0.788. The van der Waals surface area contributed by atoms with Crippen LogP contribution in [-0.2, 0) is 6.54 Å². The van der Waals surface area contributed by atoms with E-state index < -0.39 is 0 Å². The topological polar surface area (TPSA) is 45.1 Å². The van der Waals surface area contributed by atoms with E-state index in [0.717, 1.165) is 25.1 Å². The molecule has 3 nitrogen and oxygen atoms in total. The number of aromatic nitrogens is 1. The molecule has 0 amide bonds. The van der Waals surface area contributed by atoms with Gasteiger partial charge in [-0.2, -0.15) is 0 Å². The molecule has 2 N–H and O–H groups in total. The standard InChI is InChI=1S/C15H23ClN2O/c16-14-5-4-13(11-18-14)10-17-12-15(8-9-19)6-2-1-3-7-15/h4-5,11,17,19H,1-3,6-10,12H2. The molecule has 1 aliphatic rings. The number of nitrogens with zero attached hydrogens (tertiary/aromatic N) is 1. The fraction of sp³-hybridized carbons (Fsp3) is 0.667. The maximum Gasteiger partial charge on any atom is 0.129 e. The predicted octanol–water partition coefficient (Wildman–Crippen LogP) is 3.16. The lowest BCUT2D eigenvalue weighted by Crippen LogP contribution is -2.36. The monoisotopic (exact) mass is 282 g/mol. The van der Waals surface area contributed by atoms with E-state index >= 15 is 0 Å². The zero-order valence-corrected chi connectivity index (χ0v) is 12.1. The van der Waals surface area contributed by atoms with Crippen molar-refractivity contribution in [2.24, 2.45) is 5.41 Å². The molecule has 0 aliphatic heterocycles. The molecule has 0 radical (unpaired) electrons. The van der Waals surface area contributed by atoms with Crippen molar-refractivity contribution in [3.63, 3.8) is 0 Å². The Morgan fingerprint density at radius 3 is 2.68 bits per heavy atom. The van der Waals surface area contributed by atoms with E-state index in [4.69, 9.17) is 11.6 Å². The SMILES string of the molecule is OCCC1(CNCc2ccc(Cl)nc2)CCCCC1. The molecule has 1 aromatic rings. The van der Waals surface area contributed by atoms with E-state index in [0.29, 0.717) is 17.2 Å². The number of rotatable bonds is 6. The molecule has 1 fully saturated rings. The molecule has 0 bridgehead atoms. The van der Waals surface area contributed by atoms with Crippen LogP contribution in [0.3, 0.4) is 0 Å². The van der Waals surface area contributed by atoms with Crippen molar-refractivity contribution < 1.29 is 5.11 Å². The van der Waals surface area contributed by atoms with Gasteiger partial charge in [-0.15, -0.1) is 0 Å². The van der Waals surface area contributed by atoms with Gasteiger partial charge in [0.15, 0.2) is 0 Å². The first-order valence-electron chi connectivity index (χ1n) is 7.16. The molecule has 106 valence electrons. The first-order chi connectivity index (χ1) is 9.24. The molecule has 19 heavy (non-hydrogen) atoms. The van der Waals surface area contributed by atoms with Crippen molar-refractivity contribution >= 4 is 11.6 Å². The Hall–Kier alpha value is -0.640. The summed E-state index contributed by atoms with van der Waals surface area (Å²) in [4.78, 5) is 4.08. The summed E-state index contributed by atoms with van der Waals surface area (Å²) in [5.74, 6) is 0. The van der Waals surface area contributed by atoms with E-state index in [2.05, 4.69) is 10.3 Å². The molecule has 2 rings (SSSR count). The summed E-state index contributed by atoms with van der Waals surface area (Å²) >= 11 is 5.77. The molecule has 1 saturated carbocycles. The highest BCUT2D eigenvalue weighted by Gasteiger charge is 2.30. The second kappa shape index (κ2) is 7.22. The third-order valence-corrected chi connectivity index (χ3v) is 4.40. The zero-order valence-electron chi connectivity index (χ0n) is 11.4. The lowest BCUT2D eigenvalue weighted by Gasteiger charge is -2.37. The molecular formula is C15H23ClN2O. The highest BCUT2D eigenvalue weighted by Crippen LogP contribution is 2.38. The minimum absolute atomic E-state index is 0.296. The third-order valence-electron chi connectivity index (χ3n) is 4.17. The fourth-order valence-electron chi connectivity index (χ4n) is 3.04. The normalized spacial score (nSPS) is 18.4. The molecule has 1 aromatic heterocycles. The zero-order chi connectivity index (χ0) is 13.6. The molecule has 0 spiro atoms. The van der Waals surface area contributed by atoms with Gasteiger partial charge in [0.1, 0.15) is 5.15 Å². The van der Waals surface area contributed by atoms with Gasteiger partial charge in [0.25, 0.3) is 0 Å². The number of pyridine rings is 1. The van der Waals surface area contributed by atoms with E-state index in [1.165, 1.54) is 32.1 Å². The van der Waals surface area contributed by atoms with Gasteiger partial charge in [0.05, 0.1) is 0 Å². The number of hydrogen-bond acceptors (Lipinski definition) is 3. The van der Waals surface area contributed by atoms with Crippen molar-refractivity contribution in [3.8, 4) is 0 Å². The molecule has 4 heteroatoms. The first kappa shape index (κ1) is 14.8. The lowest BCUT2D eigenvalue weighted by atomic mass is 9.72. The molecular weight excluding hydrogens is 260 g/mol. The summed E-state index contributed by atoms with van der Waals surface area (Å²) in [7, 11) is 0. The maximum absolute atomic E-state index is 9.28. The lowest BCUT2D eigenvalue weighted by molar-refractivity contribution is 0.126. The molecule has 1 aliphatic carbocycles. The number of halogens is 1. The van der Waals surface area contributed by atoms with Crippen molar-refractivity contribution in [1.82, 2.24) is 10.3 Å². The minimum atomic E-state index is 0.296. The van der Waals surface area contributed by atoms with Crippen molar-refractivity contribution in [3.05, 3.63) is 29.0 Å². The second-order valence-electron chi connectivity index (χ2n) is 5.63. The van der Waals surface area contributed by atoms with Crippen LogP contribution in [0.25, 0.3) is 0 Å². The Bertz CT molecular complexity index is 369. The summed E-state index contributed by atoms with van der Waals surface area (Å²) in [6.45, 7) is 2.09. The molecule has 0 aromatic carbocycles. The molecule has 0 atom stereocenters. The van der Waals surface area contributed by atoms with E-state index in [9.17, 15) is 5.11 Å². The van der Waals surface area contributed by atoms with Gasteiger partial charge in [-0.3, -0.25) is 0 Å². The maximum atomic E-state index is 9.28. The van der Waals surface area contributed by atoms with Gasteiger partial charge < -0.3 is 10.4 Å². The van der Waals surface area contributed by atoms with Crippen LogP contribution in [0.1, 0.15) is 44.1 Å². The summed E-state index contributed by atoms with van der Waals surface area (Å²) in [6, 6.07) is 3.82. The Morgan fingerprint density at radius 1 is 1.26 bits per heavy atom. The summed E-state index contributed by atoms with van der Waals surface area (Å²) < 4.78 is 0. The number of hydrogen-bond donors (Lipinski definition) is 2. The second-order valence-corrected chi connectivity index (χ2v) is 6.01. The minimum Gasteiger partial charge on any atom is -0.396 e. The van der Waals surface area contributed by atoms with Gasteiger partial charge in [-0.05, 0) is 36.3 Å². The number of nitrogens with one attached hydrogen (secondary N) is 1. The van der Waals surface area contributed by atoms with Gasteiger partial charge in [0.2, 0.25) is 0 Å². The van der Waals surface area contributed by atoms with Crippen LogP contribution in [0.5, 0.6) is 0 Å². The van der Waals surface area contributed by atoms with Crippen LogP contribution in [0.2, 0.25) is 5.15 Å². The van der Waals surface area contributed by atoms with Crippen molar-refractivity contribution in [2.75, 3.05) is 13.2 Å². The largest absolute Gasteiger partial charge is 0.396 e. The van der Waals surface area contributed by atoms with Gasteiger partial charge in [0, 0.05) is 25.9 Å². The van der Waals surface area contributed by atoms with Crippen molar-refractivity contribution in [1.29, 1.82) is 0 Å². The average Bonchev–Trinajstić information content (AvgIpc) is 2.42. The van der Waals surface area contributed by atoms with Crippen LogP contribution in [0.4, 0.5) is 0 Å². The van der Waals surface area contributed by atoms with Crippen LogP contribution in [0, 0.1) is 5.41 Å². The molecule has 0 unspecified atom stereocenters. The fourth-order valence-corrected chi connectivity index (χ4v) is 3.15. The Labute approximate surface area is 120 Å². The van der Waals surface area contributed by atoms with E-state index in [1.807, 2.05) is 18.3 Å². The summed E-state index contributed by atoms with van der Waals surface area (Å²) in [5.41, 5.74) is 1.45. The van der Waals surface area contributed by atoms with Gasteiger partial charge in [-0.1, -0.05) is 36.9 Å². The third kappa shape index (κ3) is 4.44. The number of aliphatic hydroxyl groups excluding tert-OH is 1.